The number of rotatable bonds is 2. The maximum atomic E-state index is 11.0. The lowest BCUT2D eigenvalue weighted by Crippen LogP contribution is -2.23. The predicted octanol–water partition coefficient (Wildman–Crippen LogP) is 1.24. The topological polar surface area (TPSA) is 64.3 Å². The number of aromatic nitrogens is 2. The van der Waals surface area contributed by atoms with Crippen molar-refractivity contribution in [2.24, 2.45) is 0 Å². The van der Waals surface area contributed by atoms with E-state index in [1.807, 2.05) is 6.92 Å². The third-order valence-corrected chi connectivity index (χ3v) is 2.61. The highest BCUT2D eigenvalue weighted by Gasteiger charge is 2.22. The molecule has 1 aromatic heterocycles. The van der Waals surface area contributed by atoms with Gasteiger partial charge >= 0.3 is 5.97 Å². The average molecular weight is 210 g/mol. The van der Waals surface area contributed by atoms with Gasteiger partial charge in [-0.1, -0.05) is 0 Å². The van der Waals surface area contributed by atoms with E-state index in [1.54, 1.807) is 10.7 Å². The number of aryl methyl sites for hydroxylation is 1. The third kappa shape index (κ3) is 2.02. The molecule has 0 amide bonds. The molecule has 2 rings (SSSR count). The molecular weight excluding hydrogens is 196 g/mol. The molecule has 5 nitrogen and oxygen atoms in total. The Bertz CT molecular complexity index is 367. The molecule has 2 heterocycles. The number of aromatic carboxylic acids is 1. The van der Waals surface area contributed by atoms with Crippen molar-refractivity contribution in [2.75, 3.05) is 13.2 Å². The van der Waals surface area contributed by atoms with Crippen molar-refractivity contribution in [3.8, 4) is 0 Å². The van der Waals surface area contributed by atoms with Gasteiger partial charge in [-0.3, -0.25) is 4.68 Å². The van der Waals surface area contributed by atoms with Crippen LogP contribution in [0.1, 0.15) is 35.1 Å². The van der Waals surface area contributed by atoms with Gasteiger partial charge in [0, 0.05) is 13.2 Å². The Morgan fingerprint density at radius 2 is 2.27 bits per heavy atom. The maximum absolute atomic E-state index is 11.0. The third-order valence-electron chi connectivity index (χ3n) is 2.61. The van der Waals surface area contributed by atoms with Gasteiger partial charge < -0.3 is 9.84 Å². The van der Waals surface area contributed by atoms with Gasteiger partial charge in [0.15, 0.2) is 0 Å². The van der Waals surface area contributed by atoms with Crippen molar-refractivity contribution in [1.82, 2.24) is 9.78 Å². The van der Waals surface area contributed by atoms with Crippen LogP contribution in [0, 0.1) is 6.92 Å². The maximum Gasteiger partial charge on any atom is 0.354 e. The zero-order valence-corrected chi connectivity index (χ0v) is 8.64. The molecule has 15 heavy (non-hydrogen) atoms. The van der Waals surface area contributed by atoms with Crippen molar-refractivity contribution < 1.29 is 14.6 Å². The molecule has 0 radical (unpaired) electrons. The first-order valence-electron chi connectivity index (χ1n) is 5.05. The van der Waals surface area contributed by atoms with Gasteiger partial charge in [-0.05, 0) is 25.8 Å². The first-order valence-corrected chi connectivity index (χ1v) is 5.05. The van der Waals surface area contributed by atoms with Gasteiger partial charge in [0.1, 0.15) is 5.69 Å². The van der Waals surface area contributed by atoms with Gasteiger partial charge in [-0.2, -0.15) is 5.10 Å². The number of hydrogen-bond acceptors (Lipinski definition) is 3. The van der Waals surface area contributed by atoms with Crippen molar-refractivity contribution in [1.29, 1.82) is 0 Å². The quantitative estimate of drug-likeness (QED) is 0.797. The van der Waals surface area contributed by atoms with Crippen LogP contribution in [0.5, 0.6) is 0 Å². The lowest BCUT2D eigenvalue weighted by molar-refractivity contribution is 0.0583. The van der Waals surface area contributed by atoms with E-state index in [1.165, 1.54) is 0 Å². The van der Waals surface area contributed by atoms with Crippen LogP contribution in [-0.4, -0.2) is 34.1 Å². The highest BCUT2D eigenvalue weighted by molar-refractivity contribution is 5.85. The Balaban J connectivity index is 2.28. The molecule has 1 fully saturated rings. The van der Waals surface area contributed by atoms with Gasteiger partial charge in [0.25, 0.3) is 0 Å². The Labute approximate surface area is 87.7 Å². The number of hydrogen-bond donors (Lipinski definition) is 1. The number of carbonyl (C=O) groups is 1. The van der Waals surface area contributed by atoms with Crippen molar-refractivity contribution in [2.45, 2.75) is 25.8 Å². The van der Waals surface area contributed by atoms with E-state index in [4.69, 9.17) is 9.84 Å². The number of carboxylic acid groups (broad SMARTS) is 1. The minimum atomic E-state index is -0.915. The summed E-state index contributed by atoms with van der Waals surface area (Å²) in [4.78, 5) is 11.0. The Hall–Kier alpha value is -1.36. The van der Waals surface area contributed by atoms with Crippen molar-refractivity contribution >= 4 is 5.97 Å². The van der Waals surface area contributed by atoms with E-state index in [0.29, 0.717) is 13.2 Å². The second-order valence-corrected chi connectivity index (χ2v) is 3.76. The summed E-state index contributed by atoms with van der Waals surface area (Å²) < 4.78 is 6.86. The first-order chi connectivity index (χ1) is 7.18. The second kappa shape index (κ2) is 4.02. The van der Waals surface area contributed by atoms with Crippen LogP contribution in [0.15, 0.2) is 6.07 Å². The predicted molar refractivity (Wildman–Crippen MR) is 53.0 cm³/mol. The van der Waals surface area contributed by atoms with Crippen LogP contribution in [0.25, 0.3) is 0 Å². The molecule has 5 heteroatoms. The molecule has 0 atom stereocenters. The van der Waals surface area contributed by atoms with E-state index in [-0.39, 0.29) is 11.7 Å². The smallest absolute Gasteiger partial charge is 0.354 e. The molecular formula is C10H14N2O3. The molecule has 82 valence electrons. The zero-order chi connectivity index (χ0) is 10.8. The van der Waals surface area contributed by atoms with Crippen LogP contribution >= 0.6 is 0 Å². The van der Waals surface area contributed by atoms with Crippen LogP contribution in [0.2, 0.25) is 0 Å². The van der Waals surface area contributed by atoms with Gasteiger partial charge in [0.05, 0.1) is 11.7 Å². The van der Waals surface area contributed by atoms with Crippen LogP contribution in [0.4, 0.5) is 0 Å². The van der Waals surface area contributed by atoms with E-state index >= 15 is 0 Å². The SMILES string of the molecule is Cc1cc(C(=O)O)n(C2CCOCC2)n1. The second-order valence-electron chi connectivity index (χ2n) is 3.76. The molecule has 0 bridgehead atoms. The van der Waals surface area contributed by atoms with E-state index in [9.17, 15) is 4.79 Å². The standard InChI is InChI=1S/C10H14N2O3/c1-7-6-9(10(13)14)12(11-7)8-2-4-15-5-3-8/h6,8H,2-5H2,1H3,(H,13,14). The Kier molecular flexibility index (Phi) is 2.73. The van der Waals surface area contributed by atoms with Crippen LogP contribution in [-0.2, 0) is 4.74 Å². The zero-order valence-electron chi connectivity index (χ0n) is 8.64. The van der Waals surface area contributed by atoms with Crippen molar-refractivity contribution in [3.63, 3.8) is 0 Å². The molecule has 0 spiro atoms. The minimum absolute atomic E-state index is 0.165. The molecule has 1 aliphatic rings. The summed E-state index contributed by atoms with van der Waals surface area (Å²) in [5.74, 6) is -0.915. The molecule has 1 saturated heterocycles. The summed E-state index contributed by atoms with van der Waals surface area (Å²) >= 11 is 0. The molecule has 1 N–H and O–H groups in total. The molecule has 1 aromatic rings. The van der Waals surface area contributed by atoms with Crippen LogP contribution < -0.4 is 0 Å². The fraction of sp³-hybridized carbons (Fsp3) is 0.600. The highest BCUT2D eigenvalue weighted by Crippen LogP contribution is 2.22. The Morgan fingerprint density at radius 3 is 2.87 bits per heavy atom. The summed E-state index contributed by atoms with van der Waals surface area (Å²) in [5, 5.41) is 13.3. The lowest BCUT2D eigenvalue weighted by Gasteiger charge is -2.23. The summed E-state index contributed by atoms with van der Waals surface area (Å²) in [7, 11) is 0. The highest BCUT2D eigenvalue weighted by atomic mass is 16.5. The number of nitrogens with zero attached hydrogens (tertiary/aromatic N) is 2. The normalized spacial score (nSPS) is 17.9. The summed E-state index contributed by atoms with van der Waals surface area (Å²) in [6.07, 6.45) is 1.67. The molecule has 1 aliphatic heterocycles. The Morgan fingerprint density at radius 1 is 1.60 bits per heavy atom. The molecule has 0 aliphatic carbocycles. The van der Waals surface area contributed by atoms with Crippen LogP contribution in [0.3, 0.4) is 0 Å². The molecule has 0 aromatic carbocycles. The monoisotopic (exact) mass is 210 g/mol. The van der Waals surface area contributed by atoms with Gasteiger partial charge in [0.2, 0.25) is 0 Å². The molecule has 0 unspecified atom stereocenters. The van der Waals surface area contributed by atoms with Gasteiger partial charge in [-0.25, -0.2) is 4.79 Å². The number of ether oxygens (including phenoxy) is 1. The van der Waals surface area contributed by atoms with Gasteiger partial charge in [-0.15, -0.1) is 0 Å². The fourth-order valence-corrected chi connectivity index (χ4v) is 1.88. The molecule has 0 saturated carbocycles. The van der Waals surface area contributed by atoms with E-state index in [0.717, 1.165) is 18.5 Å². The largest absolute Gasteiger partial charge is 0.477 e. The lowest BCUT2D eigenvalue weighted by atomic mass is 10.1. The summed E-state index contributed by atoms with van der Waals surface area (Å²) in [6.45, 7) is 3.17. The van der Waals surface area contributed by atoms with E-state index < -0.39 is 5.97 Å². The number of carboxylic acids is 1. The first kappa shape index (κ1) is 10.2. The van der Waals surface area contributed by atoms with Crippen molar-refractivity contribution in [3.05, 3.63) is 17.5 Å². The minimum Gasteiger partial charge on any atom is -0.477 e. The summed E-state index contributed by atoms with van der Waals surface area (Å²) in [5.41, 5.74) is 1.03. The van der Waals surface area contributed by atoms with E-state index in [2.05, 4.69) is 5.10 Å². The average Bonchev–Trinajstić information content (AvgIpc) is 2.62. The fourth-order valence-electron chi connectivity index (χ4n) is 1.88. The summed E-state index contributed by atoms with van der Waals surface area (Å²) in [6, 6.07) is 1.77.